The van der Waals surface area contributed by atoms with E-state index in [0.29, 0.717) is 26.2 Å². The summed E-state index contributed by atoms with van der Waals surface area (Å²) in [6, 6.07) is 22.4. The number of aryl methyl sites for hydroxylation is 2. The van der Waals surface area contributed by atoms with Gasteiger partial charge in [-0.15, -0.1) is 0 Å². The average molecular weight is 528 g/mol. The zero-order valence-electron chi connectivity index (χ0n) is 20.6. The van der Waals surface area contributed by atoms with Gasteiger partial charge < -0.3 is 5.32 Å². The molecule has 1 atom stereocenters. The molecular weight excluding hydrogens is 502 g/mol. The molecule has 2 heterocycles. The van der Waals surface area contributed by atoms with E-state index in [0.717, 1.165) is 28.5 Å². The van der Waals surface area contributed by atoms with Crippen molar-refractivity contribution in [1.82, 2.24) is 4.90 Å². The first-order chi connectivity index (χ1) is 17.8. The van der Waals surface area contributed by atoms with Crippen molar-refractivity contribution in [3.63, 3.8) is 0 Å². The lowest BCUT2D eigenvalue weighted by molar-refractivity contribution is -0.123. The number of nitrogens with one attached hydrogen (secondary N) is 1. The second-order valence-electron chi connectivity index (χ2n) is 9.11. The van der Waals surface area contributed by atoms with Crippen molar-refractivity contribution >= 4 is 63.0 Å². The molecule has 3 amide bonds. The fourth-order valence-electron chi connectivity index (χ4n) is 4.69. The summed E-state index contributed by atoms with van der Waals surface area (Å²) in [7, 11) is 0. The molecule has 0 bridgehead atoms. The topological polar surface area (TPSA) is 69.7 Å². The Morgan fingerprint density at radius 2 is 1.68 bits per heavy atom. The first-order valence-electron chi connectivity index (χ1n) is 11.9. The number of thioether (sulfide) groups is 1. The quantitative estimate of drug-likeness (QED) is 0.345. The minimum absolute atomic E-state index is 0.173. The number of fused-ring (bicyclic) bond motifs is 1. The van der Waals surface area contributed by atoms with E-state index in [1.54, 1.807) is 17.0 Å². The number of hydrogen-bond donors (Lipinski definition) is 1. The van der Waals surface area contributed by atoms with Crippen LogP contribution in [0.2, 0.25) is 0 Å². The van der Waals surface area contributed by atoms with Gasteiger partial charge in [0.2, 0.25) is 5.91 Å². The Bertz CT molecular complexity index is 1480. The molecule has 6 nitrogen and oxygen atoms in total. The molecule has 1 N–H and O–H groups in total. The standard InChI is InChI=1S/C29H25N3O3S2/c1-17-13-14-22(18(2)15-17)30-24(33)16-31-23-12-8-7-11-21(23)25(27(31)34)26-28(35)32(29(36)37-26)19(3)20-9-5-4-6-10-20/h4-15,19H,16H2,1-3H3,(H,30,33)/b26-25-/t19-/m0/s1. The average Bonchev–Trinajstić information content (AvgIpc) is 3.32. The molecule has 0 aliphatic carbocycles. The predicted octanol–water partition coefficient (Wildman–Crippen LogP) is 5.62. The highest BCUT2D eigenvalue weighted by Gasteiger charge is 2.43. The number of carbonyl (C=O) groups excluding carboxylic acids is 3. The summed E-state index contributed by atoms with van der Waals surface area (Å²) < 4.78 is 0.403. The zero-order valence-corrected chi connectivity index (χ0v) is 22.3. The molecule has 2 aliphatic rings. The second-order valence-corrected chi connectivity index (χ2v) is 10.8. The highest BCUT2D eigenvalue weighted by Crippen LogP contribution is 2.46. The maximum Gasteiger partial charge on any atom is 0.267 e. The van der Waals surface area contributed by atoms with Crippen molar-refractivity contribution in [2.45, 2.75) is 26.8 Å². The fourth-order valence-corrected chi connectivity index (χ4v) is 6.18. The number of thiocarbonyl (C=S) groups is 1. The lowest BCUT2D eigenvalue weighted by atomic mass is 10.1. The van der Waals surface area contributed by atoms with E-state index in [4.69, 9.17) is 12.2 Å². The Hall–Kier alpha value is -3.75. The van der Waals surface area contributed by atoms with Crippen molar-refractivity contribution in [3.8, 4) is 0 Å². The number of nitrogens with zero attached hydrogens (tertiary/aromatic N) is 2. The fraction of sp³-hybridized carbons (Fsp3) is 0.172. The first kappa shape index (κ1) is 24.9. The third-order valence-corrected chi connectivity index (χ3v) is 7.98. The number of carbonyl (C=O) groups is 3. The summed E-state index contributed by atoms with van der Waals surface area (Å²) in [5, 5.41) is 2.91. The highest BCUT2D eigenvalue weighted by molar-refractivity contribution is 8.26. The Kier molecular flexibility index (Phi) is 6.70. The van der Waals surface area contributed by atoms with E-state index in [1.165, 1.54) is 4.90 Å². The van der Waals surface area contributed by atoms with Gasteiger partial charge in [0.05, 0.1) is 22.2 Å². The molecule has 37 heavy (non-hydrogen) atoms. The minimum atomic E-state index is -0.384. The van der Waals surface area contributed by atoms with Crippen LogP contribution in [0.5, 0.6) is 0 Å². The summed E-state index contributed by atoms with van der Waals surface area (Å²) in [5.74, 6) is -1.00. The summed E-state index contributed by atoms with van der Waals surface area (Å²) in [4.78, 5) is 43.6. The number of amides is 3. The third kappa shape index (κ3) is 4.58. The molecule has 2 aliphatic heterocycles. The lowest BCUT2D eigenvalue weighted by Crippen LogP contribution is -2.36. The molecule has 5 rings (SSSR count). The van der Waals surface area contributed by atoms with Gasteiger partial charge >= 0.3 is 0 Å². The normalized spacial score (nSPS) is 17.9. The summed E-state index contributed by atoms with van der Waals surface area (Å²) in [6.45, 7) is 5.66. The van der Waals surface area contributed by atoms with Crippen LogP contribution in [0.15, 0.2) is 77.7 Å². The van der Waals surface area contributed by atoms with E-state index in [2.05, 4.69) is 5.32 Å². The van der Waals surface area contributed by atoms with Crippen LogP contribution in [0.25, 0.3) is 5.57 Å². The van der Waals surface area contributed by atoms with E-state index in [9.17, 15) is 14.4 Å². The smallest absolute Gasteiger partial charge is 0.267 e. The lowest BCUT2D eigenvalue weighted by Gasteiger charge is -2.23. The van der Waals surface area contributed by atoms with Crippen LogP contribution in [0, 0.1) is 13.8 Å². The SMILES string of the molecule is Cc1ccc(NC(=O)CN2C(=O)/C(=C3\SC(=S)N([C@@H](C)c4ccccc4)C3=O)c3ccccc32)c(C)c1. The van der Waals surface area contributed by atoms with Crippen LogP contribution in [0.1, 0.15) is 35.2 Å². The summed E-state index contributed by atoms with van der Waals surface area (Å²) in [5.41, 5.74) is 5.20. The van der Waals surface area contributed by atoms with Crippen LogP contribution < -0.4 is 10.2 Å². The molecule has 0 spiro atoms. The molecule has 3 aromatic rings. The summed E-state index contributed by atoms with van der Waals surface area (Å²) in [6.07, 6.45) is 0. The van der Waals surface area contributed by atoms with E-state index in [1.807, 2.05) is 81.4 Å². The second kappa shape index (κ2) is 9.95. The molecule has 0 saturated carbocycles. The number of para-hydroxylation sites is 1. The number of rotatable bonds is 5. The highest BCUT2D eigenvalue weighted by atomic mass is 32.2. The van der Waals surface area contributed by atoms with Crippen molar-refractivity contribution in [3.05, 3.63) is 100.0 Å². The van der Waals surface area contributed by atoms with E-state index in [-0.39, 0.29) is 35.9 Å². The maximum absolute atomic E-state index is 13.7. The van der Waals surface area contributed by atoms with Crippen LogP contribution >= 0.6 is 24.0 Å². The molecule has 1 fully saturated rings. The molecule has 3 aromatic carbocycles. The largest absolute Gasteiger partial charge is 0.324 e. The Morgan fingerprint density at radius 3 is 2.41 bits per heavy atom. The van der Waals surface area contributed by atoms with Crippen molar-refractivity contribution in [2.24, 2.45) is 0 Å². The summed E-state index contributed by atoms with van der Waals surface area (Å²) >= 11 is 6.72. The Morgan fingerprint density at radius 1 is 0.973 bits per heavy atom. The minimum Gasteiger partial charge on any atom is -0.324 e. The van der Waals surface area contributed by atoms with Crippen LogP contribution in [-0.2, 0) is 14.4 Å². The zero-order chi connectivity index (χ0) is 26.3. The van der Waals surface area contributed by atoms with E-state index < -0.39 is 0 Å². The van der Waals surface area contributed by atoms with Gasteiger partial charge in [0.1, 0.15) is 10.9 Å². The van der Waals surface area contributed by atoms with Crippen LogP contribution in [0.4, 0.5) is 11.4 Å². The molecule has 0 aromatic heterocycles. The molecular formula is C29H25N3O3S2. The molecule has 186 valence electrons. The van der Waals surface area contributed by atoms with Gasteiger partial charge in [-0.3, -0.25) is 24.2 Å². The number of anilines is 2. The van der Waals surface area contributed by atoms with Gasteiger partial charge in [-0.2, -0.15) is 0 Å². The molecule has 0 radical (unpaired) electrons. The van der Waals surface area contributed by atoms with Crippen molar-refractivity contribution in [1.29, 1.82) is 0 Å². The Labute approximate surface area is 225 Å². The van der Waals surface area contributed by atoms with Crippen LogP contribution in [-0.4, -0.2) is 33.5 Å². The molecule has 1 saturated heterocycles. The number of benzene rings is 3. The molecule has 8 heteroatoms. The van der Waals surface area contributed by atoms with Gasteiger partial charge in [0.15, 0.2) is 0 Å². The monoisotopic (exact) mass is 527 g/mol. The van der Waals surface area contributed by atoms with E-state index >= 15 is 0 Å². The van der Waals surface area contributed by atoms with Crippen molar-refractivity contribution in [2.75, 3.05) is 16.8 Å². The van der Waals surface area contributed by atoms with Gasteiger partial charge in [-0.05, 0) is 44.0 Å². The third-order valence-electron chi connectivity index (χ3n) is 6.58. The van der Waals surface area contributed by atoms with Gasteiger partial charge in [0, 0.05) is 11.3 Å². The van der Waals surface area contributed by atoms with Gasteiger partial charge in [-0.1, -0.05) is 90.2 Å². The number of hydrogen-bond acceptors (Lipinski definition) is 5. The first-order valence-corrected chi connectivity index (χ1v) is 13.1. The van der Waals surface area contributed by atoms with Crippen LogP contribution in [0.3, 0.4) is 0 Å². The van der Waals surface area contributed by atoms with Gasteiger partial charge in [0.25, 0.3) is 11.8 Å². The van der Waals surface area contributed by atoms with Crippen molar-refractivity contribution < 1.29 is 14.4 Å². The Balaban J connectivity index is 1.45. The molecule has 0 unspecified atom stereocenters. The maximum atomic E-state index is 13.7. The van der Waals surface area contributed by atoms with Gasteiger partial charge in [-0.25, -0.2) is 0 Å². The predicted molar refractivity (Wildman–Crippen MR) is 152 cm³/mol.